The van der Waals surface area contributed by atoms with Crippen molar-refractivity contribution in [1.82, 2.24) is 0 Å². The first-order chi connectivity index (χ1) is 22.1. The molecule has 0 saturated carbocycles. The van der Waals surface area contributed by atoms with Crippen LogP contribution in [0.1, 0.15) is 74.1 Å². The largest absolute Gasteiger partial charge is 0.507 e. The lowest BCUT2D eigenvalue weighted by molar-refractivity contribution is 0.0180. The molecule has 1 atom stereocenters. The molecule has 3 aromatic rings. The zero-order valence-corrected chi connectivity index (χ0v) is 33.2. The predicted octanol–water partition coefficient (Wildman–Crippen LogP) is 10.5. The average molecular weight is 756 g/mol. The zero-order valence-electron chi connectivity index (χ0n) is 29.0. The number of aromatic hydroxyl groups is 1. The Hall–Kier alpha value is -1.40. The number of hydrogen-bond acceptors (Lipinski definition) is 8. The molecule has 1 aromatic carbocycles. The van der Waals surface area contributed by atoms with E-state index >= 15 is 0 Å². The van der Waals surface area contributed by atoms with E-state index in [9.17, 15) is 5.11 Å². The highest BCUT2D eigenvalue weighted by Gasteiger charge is 2.47. The van der Waals surface area contributed by atoms with E-state index in [1.54, 1.807) is 24.5 Å². The van der Waals surface area contributed by atoms with E-state index in [0.29, 0.717) is 62.0 Å². The maximum Gasteiger partial charge on any atom is 0.153 e. The second-order valence-corrected chi connectivity index (χ2v) is 22.0. The van der Waals surface area contributed by atoms with E-state index < -0.39 is 8.07 Å². The smallest absolute Gasteiger partial charge is 0.153 e. The van der Waals surface area contributed by atoms with E-state index in [2.05, 4.69) is 82.6 Å². The topological polar surface area (TPSA) is 66.4 Å². The molecule has 0 aliphatic heterocycles. The van der Waals surface area contributed by atoms with Gasteiger partial charge in [0.1, 0.15) is 31.9 Å². The third-order valence-electron chi connectivity index (χ3n) is 8.64. The summed E-state index contributed by atoms with van der Waals surface area (Å²) in [4.78, 5) is 3.34. The molecule has 46 heavy (non-hydrogen) atoms. The Morgan fingerprint density at radius 2 is 1.39 bits per heavy atom. The maximum absolute atomic E-state index is 11.0. The Bertz CT molecular complexity index is 1290. The Morgan fingerprint density at radius 3 is 2.02 bits per heavy atom. The highest BCUT2D eigenvalue weighted by Crippen LogP contribution is 2.49. The highest BCUT2D eigenvalue weighted by atomic mass is 79.9. The van der Waals surface area contributed by atoms with Crippen LogP contribution in [0.2, 0.25) is 16.6 Å². The van der Waals surface area contributed by atoms with E-state index in [4.69, 9.17) is 23.7 Å². The van der Waals surface area contributed by atoms with Crippen LogP contribution in [0.25, 0.3) is 20.2 Å². The van der Waals surface area contributed by atoms with Crippen molar-refractivity contribution >= 4 is 51.2 Å². The van der Waals surface area contributed by atoms with Gasteiger partial charge < -0.3 is 28.8 Å². The van der Waals surface area contributed by atoms with Crippen LogP contribution >= 0.6 is 38.6 Å². The molecular weight excluding hydrogens is 701 g/mol. The third kappa shape index (κ3) is 10.1. The van der Waals surface area contributed by atoms with Gasteiger partial charge in [0.05, 0.1) is 38.6 Å². The first-order valence-electron chi connectivity index (χ1n) is 16.7. The second kappa shape index (κ2) is 19.6. The number of ether oxygens (including phenoxy) is 5. The van der Waals surface area contributed by atoms with E-state index in [1.165, 1.54) is 22.2 Å². The number of thiophene rings is 2. The number of methoxy groups -OCH3 is 1. The number of rotatable bonds is 22. The van der Waals surface area contributed by atoms with Crippen molar-refractivity contribution in [1.29, 1.82) is 0 Å². The summed E-state index contributed by atoms with van der Waals surface area (Å²) >= 11 is 7.28. The number of phenols is 1. The molecule has 0 aliphatic rings. The van der Waals surface area contributed by atoms with Crippen LogP contribution in [0.3, 0.4) is 0 Å². The number of alkyl halides is 1. The van der Waals surface area contributed by atoms with Gasteiger partial charge in [0.15, 0.2) is 5.01 Å². The normalized spacial score (nSPS) is 12.9. The van der Waals surface area contributed by atoms with Crippen molar-refractivity contribution in [3.8, 4) is 37.4 Å². The molecule has 6 nitrogen and oxygen atoms in total. The van der Waals surface area contributed by atoms with Crippen LogP contribution in [-0.4, -0.2) is 64.9 Å². The summed E-state index contributed by atoms with van der Waals surface area (Å²) in [6, 6.07) is 12.0. The summed E-state index contributed by atoms with van der Waals surface area (Å²) in [7, 11) is -0.332. The fourth-order valence-corrected chi connectivity index (χ4v) is 18.4. The molecule has 0 radical (unpaired) electrons. The lowest BCUT2D eigenvalue weighted by Crippen LogP contribution is -2.54. The molecule has 1 N–H and O–H groups in total. The molecule has 0 saturated heterocycles. The standard InChI is InChI=1S/C36H55BrO6S2Si/c1-9-10-11-15-34(37)43-29-14-12-13-28(38)35(29)32-17-16-31(44-32)33-24-30(42-23-22-41-21-20-40-19-18-39-8)36(45-33)46(25(2)3,26(4)5)27(6)7/h12-14,16-17,24-27,34,38H,9-11,15,18-23H2,1-8H3. The van der Waals surface area contributed by atoms with Crippen molar-refractivity contribution in [2.45, 2.75) is 95.8 Å². The van der Waals surface area contributed by atoms with Crippen LogP contribution in [0.5, 0.6) is 17.2 Å². The molecule has 0 fully saturated rings. The van der Waals surface area contributed by atoms with Crippen molar-refractivity contribution in [3.05, 3.63) is 36.4 Å². The predicted molar refractivity (Wildman–Crippen MR) is 202 cm³/mol. The summed E-state index contributed by atoms with van der Waals surface area (Å²) in [5.41, 5.74) is 2.40. The first kappa shape index (κ1) is 39.0. The number of halogens is 1. The molecule has 0 aliphatic carbocycles. The number of hydrogen-bond donors (Lipinski definition) is 1. The zero-order chi connectivity index (χ0) is 33.7. The van der Waals surface area contributed by atoms with Gasteiger partial charge in [0, 0.05) is 26.2 Å². The van der Waals surface area contributed by atoms with Gasteiger partial charge in [-0.05, 0) is 75.7 Å². The minimum absolute atomic E-state index is 0.105. The van der Waals surface area contributed by atoms with Crippen LogP contribution < -0.4 is 14.0 Å². The van der Waals surface area contributed by atoms with Gasteiger partial charge in [0.2, 0.25) is 0 Å². The molecule has 0 amide bonds. The summed E-state index contributed by atoms with van der Waals surface area (Å²) in [5.74, 6) is 1.92. The highest BCUT2D eigenvalue weighted by molar-refractivity contribution is 9.09. The van der Waals surface area contributed by atoms with E-state index in [-0.39, 0.29) is 10.8 Å². The Balaban J connectivity index is 1.90. The molecule has 258 valence electrons. The first-order valence-corrected chi connectivity index (χ1v) is 21.5. The van der Waals surface area contributed by atoms with Gasteiger partial charge in [-0.3, -0.25) is 0 Å². The lowest BCUT2D eigenvalue weighted by atomic mass is 10.1. The average Bonchev–Trinajstić information content (AvgIpc) is 3.64. The minimum Gasteiger partial charge on any atom is -0.507 e. The van der Waals surface area contributed by atoms with Gasteiger partial charge >= 0.3 is 0 Å². The molecule has 2 aromatic heterocycles. The summed E-state index contributed by atoms with van der Waals surface area (Å²) in [6.45, 7) is 19.8. The number of benzene rings is 1. The summed E-state index contributed by atoms with van der Waals surface area (Å²) < 4.78 is 30.6. The van der Waals surface area contributed by atoms with E-state index in [1.807, 2.05) is 23.5 Å². The Kier molecular flexibility index (Phi) is 16.6. The Morgan fingerprint density at radius 1 is 0.761 bits per heavy atom. The van der Waals surface area contributed by atoms with Crippen molar-refractivity contribution in [3.63, 3.8) is 0 Å². The fraction of sp³-hybridized carbons (Fsp3) is 0.611. The molecule has 3 rings (SSSR count). The Labute approximate surface area is 294 Å². The minimum atomic E-state index is -2.00. The summed E-state index contributed by atoms with van der Waals surface area (Å²) in [6.07, 6.45) is 4.35. The van der Waals surface area contributed by atoms with Gasteiger partial charge in [-0.25, -0.2) is 0 Å². The van der Waals surface area contributed by atoms with Crippen LogP contribution in [0, 0.1) is 0 Å². The number of unbranched alkanes of at least 4 members (excludes halogenated alkanes) is 2. The molecule has 1 unspecified atom stereocenters. The summed E-state index contributed by atoms with van der Waals surface area (Å²) in [5, 5.41) is 10.9. The van der Waals surface area contributed by atoms with Crippen molar-refractivity contribution < 1.29 is 28.8 Å². The second-order valence-electron chi connectivity index (χ2n) is 12.6. The van der Waals surface area contributed by atoms with Gasteiger partial charge in [-0.15, -0.1) is 22.7 Å². The third-order valence-corrected chi connectivity index (χ3v) is 19.6. The van der Waals surface area contributed by atoms with E-state index in [0.717, 1.165) is 33.9 Å². The van der Waals surface area contributed by atoms with Crippen molar-refractivity contribution in [2.75, 3.05) is 46.8 Å². The molecule has 0 spiro atoms. The van der Waals surface area contributed by atoms with Gasteiger partial charge in [-0.1, -0.05) is 67.4 Å². The van der Waals surface area contributed by atoms with Crippen LogP contribution in [-0.2, 0) is 14.2 Å². The molecule has 0 bridgehead atoms. The lowest BCUT2D eigenvalue weighted by Gasteiger charge is -2.42. The maximum atomic E-state index is 11.0. The monoisotopic (exact) mass is 754 g/mol. The van der Waals surface area contributed by atoms with Crippen LogP contribution in [0.15, 0.2) is 36.4 Å². The number of phenolic OH excluding ortho intramolecular Hbond substituents is 1. The quantitative estimate of drug-likeness (QED) is 0.0626. The van der Waals surface area contributed by atoms with Crippen molar-refractivity contribution in [2.24, 2.45) is 0 Å². The SMILES string of the molecule is CCCCCC(Br)Oc1cccc(O)c1-c1ccc(-c2cc(OCCOCCOCCOC)c([Si](C(C)C)(C(C)C)C(C)C)s2)s1. The van der Waals surface area contributed by atoms with Gasteiger partial charge in [0.25, 0.3) is 0 Å². The fourth-order valence-electron chi connectivity index (χ4n) is 6.59. The molecule has 10 heteroatoms. The van der Waals surface area contributed by atoms with Gasteiger partial charge in [-0.2, -0.15) is 0 Å². The molecule has 2 heterocycles. The van der Waals surface area contributed by atoms with Crippen LogP contribution in [0.4, 0.5) is 0 Å². The molecular formula is C36H55BrO6S2Si.